The number of hydrogen-bond donors (Lipinski definition) is 4. The summed E-state index contributed by atoms with van der Waals surface area (Å²) < 4.78 is 0. The normalized spacial score (nSPS) is 12.4. The highest BCUT2D eigenvalue weighted by Gasteiger charge is 2.28. The number of phenolic OH excluding ortho intramolecular Hbond substituents is 4. The van der Waals surface area contributed by atoms with Crippen molar-refractivity contribution in [2.45, 2.75) is 40.5 Å². The third kappa shape index (κ3) is 3.32. The van der Waals surface area contributed by atoms with E-state index in [-0.39, 0.29) is 23.0 Å². The van der Waals surface area contributed by atoms with Crippen molar-refractivity contribution in [3.63, 3.8) is 0 Å². The van der Waals surface area contributed by atoms with Crippen molar-refractivity contribution in [3.05, 3.63) is 94.1 Å². The molecular formula is C36H32O4. The van der Waals surface area contributed by atoms with Crippen LogP contribution in [0.2, 0.25) is 0 Å². The Balaban J connectivity index is 1.78. The van der Waals surface area contributed by atoms with Gasteiger partial charge in [-0.1, -0.05) is 43.5 Å². The molecule has 0 atom stereocenters. The van der Waals surface area contributed by atoms with E-state index in [4.69, 9.17) is 0 Å². The highest BCUT2D eigenvalue weighted by atomic mass is 16.3. The number of fused-ring (bicyclic) bond motifs is 6. The van der Waals surface area contributed by atoms with Crippen LogP contribution in [0.1, 0.15) is 44.5 Å². The zero-order valence-electron chi connectivity index (χ0n) is 23.2. The monoisotopic (exact) mass is 528 g/mol. The average molecular weight is 529 g/mol. The number of rotatable bonds is 3. The van der Waals surface area contributed by atoms with Gasteiger partial charge in [0.2, 0.25) is 0 Å². The zero-order chi connectivity index (χ0) is 28.6. The van der Waals surface area contributed by atoms with Crippen LogP contribution in [0, 0.1) is 27.7 Å². The first kappa shape index (κ1) is 25.6. The van der Waals surface area contributed by atoms with Crippen molar-refractivity contribution in [1.82, 2.24) is 0 Å². The fraction of sp³-hybridized carbons (Fsp3) is 0.167. The predicted octanol–water partition coefficient (Wildman–Crippen LogP) is 8.77. The second-order valence-electron chi connectivity index (χ2n) is 10.9. The van der Waals surface area contributed by atoms with Gasteiger partial charge in [0.1, 0.15) is 23.0 Å². The van der Waals surface area contributed by atoms with Crippen LogP contribution >= 0.6 is 0 Å². The van der Waals surface area contributed by atoms with Crippen LogP contribution in [-0.2, 0) is 12.8 Å². The van der Waals surface area contributed by atoms with Gasteiger partial charge in [-0.25, -0.2) is 0 Å². The Morgan fingerprint density at radius 3 is 1.98 bits per heavy atom. The van der Waals surface area contributed by atoms with Crippen molar-refractivity contribution in [2.75, 3.05) is 0 Å². The van der Waals surface area contributed by atoms with E-state index in [2.05, 4.69) is 13.2 Å². The Kier molecular flexibility index (Phi) is 5.70. The first-order valence-electron chi connectivity index (χ1n) is 13.5. The van der Waals surface area contributed by atoms with Gasteiger partial charge in [-0.05, 0) is 136 Å². The third-order valence-electron chi connectivity index (χ3n) is 8.93. The summed E-state index contributed by atoms with van der Waals surface area (Å²) in [5.41, 5.74) is 9.85. The summed E-state index contributed by atoms with van der Waals surface area (Å²) in [5, 5.41) is 47.8. The Labute approximate surface area is 233 Å². The first-order valence-corrected chi connectivity index (χ1v) is 13.5. The molecule has 0 heterocycles. The molecule has 0 spiro atoms. The minimum Gasteiger partial charge on any atom is -0.508 e. The van der Waals surface area contributed by atoms with Crippen LogP contribution < -0.4 is 0 Å². The molecule has 0 amide bonds. The Morgan fingerprint density at radius 1 is 0.600 bits per heavy atom. The van der Waals surface area contributed by atoms with Crippen LogP contribution in [0.5, 0.6) is 23.0 Å². The number of aromatic hydroxyl groups is 4. The lowest BCUT2D eigenvalue weighted by molar-refractivity contribution is 0.464. The highest BCUT2D eigenvalue weighted by Crippen LogP contribution is 2.52. The molecule has 40 heavy (non-hydrogen) atoms. The fourth-order valence-corrected chi connectivity index (χ4v) is 6.66. The number of aryl methyl sites for hydroxylation is 2. The summed E-state index contributed by atoms with van der Waals surface area (Å²) in [6.07, 6.45) is 5.01. The summed E-state index contributed by atoms with van der Waals surface area (Å²) in [5.74, 6) is 0.708. The van der Waals surface area contributed by atoms with E-state index in [0.29, 0.717) is 16.7 Å². The number of hydrogen-bond acceptors (Lipinski definition) is 4. The molecule has 0 saturated carbocycles. The van der Waals surface area contributed by atoms with Crippen molar-refractivity contribution in [1.29, 1.82) is 0 Å². The molecule has 5 aromatic rings. The van der Waals surface area contributed by atoms with E-state index in [1.807, 2.05) is 58.0 Å². The van der Waals surface area contributed by atoms with Crippen LogP contribution in [0.3, 0.4) is 0 Å². The molecule has 0 unspecified atom stereocenters. The standard InChI is InChI=1S/C36H32O4/c1-7-22-17(3)31(38)15-21-9-10-25-20(6)35(39)29(16-28(25)32(21)22)34-27-12-11-24-18(4)30(37)14-13-26(24)33(27)23(8-2)19(5)36(34)40/h7-8,11-16,37-40H,1-2,9-10H2,3-6H3. The molecule has 0 radical (unpaired) electrons. The smallest absolute Gasteiger partial charge is 0.127 e. The summed E-state index contributed by atoms with van der Waals surface area (Å²) in [7, 11) is 0. The lowest BCUT2D eigenvalue weighted by Crippen LogP contribution is -2.09. The molecule has 4 N–H and O–H groups in total. The Hall–Kier alpha value is -4.70. The van der Waals surface area contributed by atoms with E-state index >= 15 is 0 Å². The van der Waals surface area contributed by atoms with E-state index in [1.165, 1.54) is 0 Å². The molecule has 4 nitrogen and oxygen atoms in total. The van der Waals surface area contributed by atoms with Gasteiger partial charge in [-0.15, -0.1) is 0 Å². The Morgan fingerprint density at radius 2 is 1.27 bits per heavy atom. The lowest BCUT2D eigenvalue weighted by atomic mass is 9.77. The van der Waals surface area contributed by atoms with E-state index in [1.54, 1.807) is 18.2 Å². The Bertz CT molecular complexity index is 1960. The van der Waals surface area contributed by atoms with E-state index in [9.17, 15) is 20.4 Å². The van der Waals surface area contributed by atoms with Crippen LogP contribution in [0.4, 0.5) is 0 Å². The van der Waals surface area contributed by atoms with Crippen molar-refractivity contribution in [3.8, 4) is 45.3 Å². The van der Waals surface area contributed by atoms with E-state index < -0.39 is 0 Å². The molecule has 0 saturated heterocycles. The SMILES string of the molecule is C=Cc1c(C)c(O)cc2c1-c1cc(-c3c(O)c(C)c(C=C)c4c3ccc3c(C)c(O)ccc34)c(O)c(C)c1CC2. The summed E-state index contributed by atoms with van der Waals surface area (Å²) in [4.78, 5) is 0. The van der Waals surface area contributed by atoms with Gasteiger partial charge in [0.15, 0.2) is 0 Å². The van der Waals surface area contributed by atoms with Crippen LogP contribution in [-0.4, -0.2) is 20.4 Å². The second kappa shape index (κ2) is 8.92. The van der Waals surface area contributed by atoms with Crippen LogP contribution in [0.25, 0.3) is 56.0 Å². The molecular weight excluding hydrogens is 496 g/mol. The summed E-state index contributed by atoms with van der Waals surface area (Å²) in [6, 6.07) is 11.3. The molecule has 6 rings (SSSR count). The first-order chi connectivity index (χ1) is 19.1. The largest absolute Gasteiger partial charge is 0.508 e. The molecule has 1 aliphatic carbocycles. The van der Waals surface area contributed by atoms with Crippen molar-refractivity contribution < 1.29 is 20.4 Å². The molecule has 200 valence electrons. The molecule has 0 fully saturated rings. The number of benzene rings is 5. The third-order valence-corrected chi connectivity index (χ3v) is 8.93. The average Bonchev–Trinajstić information content (AvgIpc) is 2.94. The topological polar surface area (TPSA) is 80.9 Å². The highest BCUT2D eigenvalue weighted by molar-refractivity contribution is 6.18. The van der Waals surface area contributed by atoms with Gasteiger partial charge in [0.05, 0.1) is 0 Å². The maximum absolute atomic E-state index is 11.7. The fourth-order valence-electron chi connectivity index (χ4n) is 6.66. The van der Waals surface area contributed by atoms with Gasteiger partial charge in [-0.2, -0.15) is 0 Å². The maximum atomic E-state index is 11.7. The van der Waals surface area contributed by atoms with Gasteiger partial charge >= 0.3 is 0 Å². The molecule has 0 aromatic heterocycles. The maximum Gasteiger partial charge on any atom is 0.127 e. The van der Waals surface area contributed by atoms with Crippen molar-refractivity contribution >= 4 is 33.7 Å². The van der Waals surface area contributed by atoms with Crippen molar-refractivity contribution in [2.24, 2.45) is 0 Å². The molecule has 0 aliphatic heterocycles. The molecule has 4 heteroatoms. The minimum atomic E-state index is 0.0914. The summed E-state index contributed by atoms with van der Waals surface area (Å²) >= 11 is 0. The van der Waals surface area contributed by atoms with Gasteiger partial charge < -0.3 is 20.4 Å². The summed E-state index contributed by atoms with van der Waals surface area (Å²) in [6.45, 7) is 15.6. The van der Waals surface area contributed by atoms with Gasteiger partial charge in [-0.3, -0.25) is 0 Å². The quantitative estimate of drug-likeness (QED) is 0.176. The molecule has 1 aliphatic rings. The van der Waals surface area contributed by atoms with Gasteiger partial charge in [0, 0.05) is 11.1 Å². The molecule has 0 bridgehead atoms. The minimum absolute atomic E-state index is 0.0914. The van der Waals surface area contributed by atoms with Crippen LogP contribution in [0.15, 0.2) is 49.6 Å². The second-order valence-corrected chi connectivity index (χ2v) is 10.9. The zero-order valence-corrected chi connectivity index (χ0v) is 23.2. The van der Waals surface area contributed by atoms with Gasteiger partial charge in [0.25, 0.3) is 0 Å². The molecule has 5 aromatic carbocycles. The van der Waals surface area contributed by atoms with E-state index in [0.717, 1.165) is 84.5 Å². The number of phenols is 4. The predicted molar refractivity (Wildman–Crippen MR) is 166 cm³/mol. The lowest BCUT2D eigenvalue weighted by Gasteiger charge is -2.27.